The third-order valence-electron chi connectivity index (χ3n) is 3.12. The van der Waals surface area contributed by atoms with Crippen molar-refractivity contribution in [2.45, 2.75) is 26.2 Å². The molecule has 0 saturated heterocycles. The maximum atomic E-state index is 13.8. The molecule has 16 heavy (non-hydrogen) atoms. The molecule has 0 amide bonds. The van der Waals surface area contributed by atoms with E-state index < -0.39 is 16.5 Å². The number of anilines is 1. The Morgan fingerprint density at radius 1 is 1.50 bits per heavy atom. The topological polar surface area (TPSA) is 43.1 Å². The first-order chi connectivity index (χ1) is 7.30. The van der Waals surface area contributed by atoms with Crippen LogP contribution in [0.4, 0.5) is 10.1 Å². The zero-order valence-corrected chi connectivity index (χ0v) is 10.3. The number of hydrogen-bond acceptors (Lipinski definition) is 2. The van der Waals surface area contributed by atoms with Crippen molar-refractivity contribution in [2.75, 3.05) is 5.73 Å². The molecule has 0 aromatic heterocycles. The summed E-state index contributed by atoms with van der Waals surface area (Å²) < 4.78 is 13.8. The van der Waals surface area contributed by atoms with Gasteiger partial charge in [-0.25, -0.2) is 4.39 Å². The normalized spacial score (nSPS) is 14.9. The second kappa shape index (κ2) is 4.42. The van der Waals surface area contributed by atoms with E-state index in [4.69, 9.17) is 17.3 Å². The third kappa shape index (κ3) is 2.05. The molecule has 0 aliphatic heterocycles. The van der Waals surface area contributed by atoms with Crippen LogP contribution in [0.1, 0.15) is 26.3 Å². The van der Waals surface area contributed by atoms with Crippen LogP contribution in [-0.4, -0.2) is 5.24 Å². The van der Waals surface area contributed by atoms with Gasteiger partial charge < -0.3 is 5.73 Å². The molecule has 1 aromatic carbocycles. The lowest BCUT2D eigenvalue weighted by molar-refractivity contribution is -0.117. The zero-order valence-electron chi connectivity index (χ0n) is 9.55. The molecule has 0 radical (unpaired) electrons. The summed E-state index contributed by atoms with van der Waals surface area (Å²) in [5.74, 6) is -0.596. The number of carbonyl (C=O) groups excluding carboxylic acids is 1. The summed E-state index contributed by atoms with van der Waals surface area (Å²) >= 11 is 5.59. The van der Waals surface area contributed by atoms with Crippen molar-refractivity contribution in [1.29, 1.82) is 0 Å². The van der Waals surface area contributed by atoms with Gasteiger partial charge in [-0.2, -0.15) is 0 Å². The maximum Gasteiger partial charge on any atom is 0.232 e. The van der Waals surface area contributed by atoms with Crippen LogP contribution in [0, 0.1) is 11.7 Å². The van der Waals surface area contributed by atoms with E-state index in [2.05, 4.69) is 0 Å². The van der Waals surface area contributed by atoms with Gasteiger partial charge in [-0.1, -0.05) is 19.9 Å². The summed E-state index contributed by atoms with van der Waals surface area (Å²) in [5, 5.41) is -0.564. The number of hydrogen-bond donors (Lipinski definition) is 1. The SMILES string of the molecule is CC(C)C(C)(C(=O)Cl)c1ccc(N)cc1F. The van der Waals surface area contributed by atoms with Crippen molar-refractivity contribution in [2.24, 2.45) is 5.92 Å². The van der Waals surface area contributed by atoms with Crippen LogP contribution in [0.3, 0.4) is 0 Å². The van der Waals surface area contributed by atoms with E-state index in [1.165, 1.54) is 12.1 Å². The van der Waals surface area contributed by atoms with Gasteiger partial charge in [-0.15, -0.1) is 0 Å². The molecule has 0 aliphatic rings. The minimum atomic E-state index is -1.03. The van der Waals surface area contributed by atoms with Crippen molar-refractivity contribution in [3.63, 3.8) is 0 Å². The van der Waals surface area contributed by atoms with Crippen LogP contribution < -0.4 is 5.73 Å². The van der Waals surface area contributed by atoms with E-state index in [0.29, 0.717) is 5.69 Å². The van der Waals surface area contributed by atoms with Crippen LogP contribution in [0.15, 0.2) is 18.2 Å². The molecule has 0 aliphatic carbocycles. The molecule has 2 nitrogen and oxygen atoms in total. The minimum absolute atomic E-state index is 0.101. The Morgan fingerprint density at radius 3 is 2.44 bits per heavy atom. The minimum Gasteiger partial charge on any atom is -0.399 e. The Kier molecular flexibility index (Phi) is 3.58. The highest BCUT2D eigenvalue weighted by atomic mass is 35.5. The molecule has 2 N–H and O–H groups in total. The number of carbonyl (C=O) groups is 1. The van der Waals surface area contributed by atoms with E-state index in [1.54, 1.807) is 13.0 Å². The van der Waals surface area contributed by atoms with E-state index in [1.807, 2.05) is 13.8 Å². The van der Waals surface area contributed by atoms with Crippen LogP contribution in [0.25, 0.3) is 0 Å². The van der Waals surface area contributed by atoms with Gasteiger partial charge in [0.05, 0.1) is 5.41 Å². The first kappa shape index (κ1) is 13.0. The summed E-state index contributed by atoms with van der Waals surface area (Å²) in [5.41, 5.74) is 5.05. The van der Waals surface area contributed by atoms with Crippen LogP contribution in [-0.2, 0) is 10.2 Å². The zero-order chi connectivity index (χ0) is 12.5. The molecular weight excluding hydrogens is 229 g/mol. The van der Waals surface area contributed by atoms with Gasteiger partial charge >= 0.3 is 0 Å². The lowest BCUT2D eigenvalue weighted by Crippen LogP contribution is -2.36. The van der Waals surface area contributed by atoms with Crippen molar-refractivity contribution in [1.82, 2.24) is 0 Å². The molecule has 0 heterocycles. The lowest BCUT2D eigenvalue weighted by Gasteiger charge is -2.30. The molecule has 1 aromatic rings. The average Bonchev–Trinajstić information content (AvgIpc) is 2.15. The highest BCUT2D eigenvalue weighted by molar-refractivity contribution is 6.65. The number of nitrogens with two attached hydrogens (primary N) is 1. The fourth-order valence-electron chi connectivity index (χ4n) is 1.60. The maximum absolute atomic E-state index is 13.8. The highest BCUT2D eigenvalue weighted by Crippen LogP contribution is 2.36. The fraction of sp³-hybridized carbons (Fsp3) is 0.417. The first-order valence-corrected chi connectivity index (χ1v) is 5.43. The summed E-state index contributed by atoms with van der Waals surface area (Å²) in [6, 6.07) is 4.29. The second-order valence-corrected chi connectivity index (χ2v) is 4.71. The molecule has 0 bridgehead atoms. The van der Waals surface area contributed by atoms with Crippen LogP contribution in [0.5, 0.6) is 0 Å². The monoisotopic (exact) mass is 243 g/mol. The molecule has 1 unspecified atom stereocenters. The largest absolute Gasteiger partial charge is 0.399 e. The Bertz CT molecular complexity index is 419. The van der Waals surface area contributed by atoms with Gasteiger partial charge in [0.25, 0.3) is 0 Å². The second-order valence-electron chi connectivity index (χ2n) is 4.37. The van der Waals surface area contributed by atoms with E-state index in [0.717, 1.165) is 0 Å². The molecule has 0 saturated carbocycles. The van der Waals surface area contributed by atoms with Crippen molar-refractivity contribution >= 4 is 22.5 Å². The van der Waals surface area contributed by atoms with Gasteiger partial charge in [0.2, 0.25) is 5.24 Å². The van der Waals surface area contributed by atoms with Gasteiger partial charge in [0, 0.05) is 11.3 Å². The average molecular weight is 244 g/mol. The third-order valence-corrected chi connectivity index (χ3v) is 3.51. The van der Waals surface area contributed by atoms with E-state index in [-0.39, 0.29) is 11.5 Å². The Hall–Kier alpha value is -1.09. The Labute approximate surface area is 99.6 Å². The van der Waals surface area contributed by atoms with E-state index >= 15 is 0 Å². The molecule has 1 rings (SSSR count). The van der Waals surface area contributed by atoms with Crippen molar-refractivity contribution in [3.8, 4) is 0 Å². The molecule has 4 heteroatoms. The summed E-state index contributed by atoms with van der Waals surface area (Å²) in [4.78, 5) is 11.5. The Morgan fingerprint density at radius 2 is 2.06 bits per heavy atom. The lowest BCUT2D eigenvalue weighted by atomic mass is 9.74. The quantitative estimate of drug-likeness (QED) is 0.655. The van der Waals surface area contributed by atoms with Gasteiger partial charge in [-0.3, -0.25) is 4.79 Å². The molecule has 0 fully saturated rings. The fourth-order valence-corrected chi connectivity index (χ4v) is 1.92. The highest BCUT2D eigenvalue weighted by Gasteiger charge is 2.39. The molecule has 1 atom stereocenters. The predicted molar refractivity (Wildman–Crippen MR) is 63.9 cm³/mol. The standard InChI is InChI=1S/C12H15ClFNO/c1-7(2)12(3,11(13)16)9-5-4-8(15)6-10(9)14/h4-7H,15H2,1-3H3. The van der Waals surface area contributed by atoms with Crippen LogP contribution >= 0.6 is 11.6 Å². The Balaban J connectivity index is 3.38. The number of nitrogen functional groups attached to an aromatic ring is 1. The summed E-state index contributed by atoms with van der Waals surface area (Å²) in [6.07, 6.45) is 0. The number of benzene rings is 1. The smallest absolute Gasteiger partial charge is 0.232 e. The summed E-state index contributed by atoms with van der Waals surface area (Å²) in [7, 11) is 0. The molecule has 88 valence electrons. The first-order valence-electron chi connectivity index (χ1n) is 5.05. The van der Waals surface area contributed by atoms with Crippen molar-refractivity contribution in [3.05, 3.63) is 29.6 Å². The summed E-state index contributed by atoms with van der Waals surface area (Å²) in [6.45, 7) is 5.30. The van der Waals surface area contributed by atoms with Gasteiger partial charge in [-0.05, 0) is 36.6 Å². The molecular formula is C12H15ClFNO. The number of rotatable bonds is 3. The van der Waals surface area contributed by atoms with Gasteiger partial charge in [0.1, 0.15) is 5.82 Å². The van der Waals surface area contributed by atoms with Gasteiger partial charge in [0.15, 0.2) is 0 Å². The van der Waals surface area contributed by atoms with E-state index in [9.17, 15) is 9.18 Å². The van der Waals surface area contributed by atoms with Crippen molar-refractivity contribution < 1.29 is 9.18 Å². The number of halogens is 2. The van der Waals surface area contributed by atoms with Crippen LogP contribution in [0.2, 0.25) is 0 Å². The molecule has 0 spiro atoms. The predicted octanol–water partition coefficient (Wildman–Crippen LogP) is 3.09.